The Morgan fingerprint density at radius 2 is 1.96 bits per heavy atom. The maximum atomic E-state index is 15.0. The van der Waals surface area contributed by atoms with E-state index in [1.807, 2.05) is 0 Å². The van der Waals surface area contributed by atoms with Crippen molar-refractivity contribution < 1.29 is 18.3 Å². The van der Waals surface area contributed by atoms with Crippen LogP contribution < -0.4 is 5.32 Å². The van der Waals surface area contributed by atoms with Gasteiger partial charge >= 0.3 is 5.92 Å². The highest BCUT2D eigenvalue weighted by Gasteiger charge is 2.39. The molecular formula is C18H15F3N6O. The van der Waals surface area contributed by atoms with E-state index in [0.29, 0.717) is 16.9 Å². The molecule has 7 nitrogen and oxygen atoms in total. The Balaban J connectivity index is 1.85. The zero-order chi connectivity index (χ0) is 19.9. The predicted molar refractivity (Wildman–Crippen MR) is 94.9 cm³/mol. The predicted octanol–water partition coefficient (Wildman–Crippen LogP) is 3.28. The van der Waals surface area contributed by atoms with Crippen LogP contribution in [0.1, 0.15) is 22.6 Å². The van der Waals surface area contributed by atoms with Crippen LogP contribution in [-0.4, -0.2) is 29.9 Å². The minimum absolute atomic E-state index is 0.0954. The molecule has 0 atom stereocenters. The van der Waals surface area contributed by atoms with E-state index in [4.69, 9.17) is 0 Å². The number of aromatic nitrogens is 5. The number of rotatable bonds is 5. The van der Waals surface area contributed by atoms with Gasteiger partial charge in [-0.05, 0) is 42.8 Å². The maximum Gasteiger partial charge on any atom is 0.333 e. The molecule has 3 aromatic heterocycles. The van der Waals surface area contributed by atoms with Gasteiger partial charge in [0.1, 0.15) is 11.3 Å². The van der Waals surface area contributed by atoms with E-state index in [0.717, 1.165) is 30.0 Å². The van der Waals surface area contributed by atoms with Crippen molar-refractivity contribution in [1.82, 2.24) is 24.8 Å². The van der Waals surface area contributed by atoms with Gasteiger partial charge < -0.3 is 10.4 Å². The first-order chi connectivity index (χ1) is 13.4. The number of benzene rings is 1. The third-order valence-corrected chi connectivity index (χ3v) is 4.14. The van der Waals surface area contributed by atoms with Crippen LogP contribution in [0.15, 0.2) is 42.6 Å². The quantitative estimate of drug-likeness (QED) is 0.488. The molecule has 28 heavy (non-hydrogen) atoms. The second kappa shape index (κ2) is 6.64. The van der Waals surface area contributed by atoms with Crippen molar-refractivity contribution in [2.24, 2.45) is 0 Å². The summed E-state index contributed by atoms with van der Waals surface area (Å²) >= 11 is 0. The van der Waals surface area contributed by atoms with Crippen LogP contribution in [0.4, 0.5) is 24.8 Å². The number of hydrogen-bond donors (Lipinski definition) is 3. The van der Waals surface area contributed by atoms with Crippen molar-refractivity contribution in [1.29, 1.82) is 0 Å². The van der Waals surface area contributed by atoms with Crippen LogP contribution in [0.2, 0.25) is 0 Å². The molecule has 0 unspecified atom stereocenters. The molecule has 0 amide bonds. The highest BCUT2D eigenvalue weighted by atomic mass is 19.3. The SMILES string of the molecule is Cc1cc(Nc2nc(C(F)(F)c3ccc(F)cc3)nn3cc(CO)cc23)n[nH]1. The summed E-state index contributed by atoms with van der Waals surface area (Å²) in [6.07, 6.45) is 1.43. The summed E-state index contributed by atoms with van der Waals surface area (Å²) in [5, 5.41) is 22.9. The lowest BCUT2D eigenvalue weighted by Gasteiger charge is -2.16. The van der Waals surface area contributed by atoms with Crippen molar-refractivity contribution in [2.45, 2.75) is 19.5 Å². The first-order valence-corrected chi connectivity index (χ1v) is 8.30. The molecule has 1 aromatic carbocycles. The molecule has 3 heterocycles. The van der Waals surface area contributed by atoms with Crippen molar-refractivity contribution in [3.8, 4) is 0 Å². The van der Waals surface area contributed by atoms with Gasteiger partial charge in [0.15, 0.2) is 11.6 Å². The Morgan fingerprint density at radius 1 is 1.21 bits per heavy atom. The molecule has 0 saturated heterocycles. The smallest absolute Gasteiger partial charge is 0.333 e. The van der Waals surface area contributed by atoms with Crippen LogP contribution in [0.3, 0.4) is 0 Å². The van der Waals surface area contributed by atoms with E-state index < -0.39 is 23.1 Å². The Morgan fingerprint density at radius 3 is 2.61 bits per heavy atom. The zero-order valence-corrected chi connectivity index (χ0v) is 14.6. The number of aromatic amines is 1. The number of hydrogen-bond acceptors (Lipinski definition) is 5. The van der Waals surface area contributed by atoms with Crippen molar-refractivity contribution in [3.63, 3.8) is 0 Å². The number of nitrogens with one attached hydrogen (secondary N) is 2. The molecule has 144 valence electrons. The van der Waals surface area contributed by atoms with Gasteiger partial charge in [-0.15, -0.1) is 5.10 Å². The molecule has 0 radical (unpaired) electrons. The maximum absolute atomic E-state index is 15.0. The van der Waals surface area contributed by atoms with Crippen molar-refractivity contribution in [3.05, 3.63) is 71.1 Å². The van der Waals surface area contributed by atoms with Crippen LogP contribution in [0, 0.1) is 12.7 Å². The fourth-order valence-electron chi connectivity index (χ4n) is 2.76. The lowest BCUT2D eigenvalue weighted by Crippen LogP contribution is -2.21. The molecule has 4 rings (SSSR count). The van der Waals surface area contributed by atoms with E-state index in [1.165, 1.54) is 10.7 Å². The normalized spacial score (nSPS) is 11.9. The third-order valence-electron chi connectivity index (χ3n) is 4.14. The van der Waals surface area contributed by atoms with Crippen LogP contribution >= 0.6 is 0 Å². The first-order valence-electron chi connectivity index (χ1n) is 8.30. The standard InChI is InChI=1S/C18H15F3N6O/c1-10-6-15(25-24-10)22-16-14-7-11(9-28)8-27(14)26-17(23-16)18(20,21)12-2-4-13(19)5-3-12/h2-8,28H,9H2,1H3,(H2,22,23,24,25,26). The van der Waals surface area contributed by atoms with E-state index in [-0.39, 0.29) is 12.4 Å². The Labute approximate surface area is 156 Å². The monoisotopic (exact) mass is 388 g/mol. The van der Waals surface area contributed by atoms with Crippen LogP contribution in [-0.2, 0) is 12.5 Å². The number of alkyl halides is 2. The number of fused-ring (bicyclic) bond motifs is 1. The molecule has 0 aliphatic heterocycles. The summed E-state index contributed by atoms with van der Waals surface area (Å²) in [5.74, 6) is -4.48. The molecule has 10 heteroatoms. The second-order valence-electron chi connectivity index (χ2n) is 6.26. The highest BCUT2D eigenvalue weighted by Crippen LogP contribution is 2.35. The van der Waals surface area contributed by atoms with Gasteiger partial charge in [0.25, 0.3) is 0 Å². The number of aliphatic hydroxyl groups excluding tert-OH is 1. The summed E-state index contributed by atoms with van der Waals surface area (Å²) in [5.41, 5.74) is 1.21. The van der Waals surface area contributed by atoms with E-state index in [2.05, 4.69) is 25.6 Å². The van der Waals surface area contributed by atoms with Crippen molar-refractivity contribution in [2.75, 3.05) is 5.32 Å². The van der Waals surface area contributed by atoms with Gasteiger partial charge in [-0.2, -0.15) is 13.9 Å². The van der Waals surface area contributed by atoms with Crippen molar-refractivity contribution >= 4 is 17.2 Å². The van der Waals surface area contributed by atoms with Gasteiger partial charge in [0.2, 0.25) is 5.82 Å². The fourth-order valence-corrected chi connectivity index (χ4v) is 2.76. The van der Waals surface area contributed by atoms with Gasteiger partial charge in [-0.1, -0.05) is 0 Å². The van der Waals surface area contributed by atoms with E-state index in [9.17, 15) is 18.3 Å². The Hall–Kier alpha value is -3.40. The first kappa shape index (κ1) is 18.0. The van der Waals surface area contributed by atoms with E-state index in [1.54, 1.807) is 19.1 Å². The molecular weight excluding hydrogens is 373 g/mol. The Kier molecular flexibility index (Phi) is 4.27. The number of nitrogens with zero attached hydrogens (tertiary/aromatic N) is 4. The fraction of sp³-hybridized carbons (Fsp3) is 0.167. The topological polar surface area (TPSA) is 91.1 Å². The molecule has 0 aliphatic rings. The van der Waals surface area contributed by atoms with Gasteiger partial charge in [0, 0.05) is 23.5 Å². The minimum atomic E-state index is -3.57. The summed E-state index contributed by atoms with van der Waals surface area (Å²) in [6, 6.07) is 7.15. The minimum Gasteiger partial charge on any atom is -0.392 e. The lowest BCUT2D eigenvalue weighted by atomic mass is 10.1. The number of halogens is 3. The van der Waals surface area contributed by atoms with Crippen LogP contribution in [0.25, 0.3) is 5.52 Å². The summed E-state index contributed by atoms with van der Waals surface area (Å²) in [6.45, 7) is 1.51. The zero-order valence-electron chi connectivity index (χ0n) is 14.6. The summed E-state index contributed by atoms with van der Waals surface area (Å²) in [4.78, 5) is 4.00. The molecule has 0 fully saturated rings. The number of anilines is 2. The number of aryl methyl sites for hydroxylation is 1. The van der Waals surface area contributed by atoms with Gasteiger partial charge in [0.05, 0.1) is 6.61 Å². The molecule has 4 aromatic rings. The molecule has 0 spiro atoms. The molecule has 0 aliphatic carbocycles. The lowest BCUT2D eigenvalue weighted by molar-refractivity contribution is 0.0315. The average molecular weight is 388 g/mol. The number of H-pyrrole nitrogens is 1. The largest absolute Gasteiger partial charge is 0.392 e. The summed E-state index contributed by atoms with van der Waals surface area (Å²) in [7, 11) is 0. The van der Waals surface area contributed by atoms with E-state index >= 15 is 0 Å². The average Bonchev–Trinajstić information content (AvgIpc) is 3.27. The summed E-state index contributed by atoms with van der Waals surface area (Å²) < 4.78 is 44.3. The molecule has 3 N–H and O–H groups in total. The Bertz CT molecular complexity index is 1140. The number of aliphatic hydroxyl groups is 1. The molecule has 0 saturated carbocycles. The third kappa shape index (κ3) is 3.18. The highest BCUT2D eigenvalue weighted by molar-refractivity contribution is 5.73. The molecule has 0 bridgehead atoms. The second-order valence-corrected chi connectivity index (χ2v) is 6.26. The van der Waals surface area contributed by atoms with Gasteiger partial charge in [-0.3, -0.25) is 5.10 Å². The van der Waals surface area contributed by atoms with Crippen LogP contribution in [0.5, 0.6) is 0 Å². The van der Waals surface area contributed by atoms with Gasteiger partial charge in [-0.25, -0.2) is 13.9 Å².